The van der Waals surface area contributed by atoms with Crippen LogP contribution in [0.1, 0.15) is 44.2 Å². The SMILES string of the molecule is CCC(=O)N1c2ccccc2NC2=C(C(=O)CCC2)[C@@H]1c1ccc(F)cc1. The molecule has 0 aromatic heterocycles. The number of Topliss-reactive ketones (excluding diaryl/α,β-unsaturated/α-hetero) is 1. The molecule has 4 nitrogen and oxygen atoms in total. The molecule has 2 aliphatic rings. The number of rotatable bonds is 2. The van der Waals surface area contributed by atoms with Gasteiger partial charge in [-0.15, -0.1) is 0 Å². The van der Waals surface area contributed by atoms with Crippen molar-refractivity contribution < 1.29 is 14.0 Å². The van der Waals surface area contributed by atoms with Crippen LogP contribution in [0.25, 0.3) is 0 Å². The fourth-order valence-electron chi connectivity index (χ4n) is 3.94. The van der Waals surface area contributed by atoms with Crippen LogP contribution < -0.4 is 10.2 Å². The quantitative estimate of drug-likeness (QED) is 0.837. The zero-order chi connectivity index (χ0) is 19.0. The third-order valence-electron chi connectivity index (χ3n) is 5.19. The third-order valence-corrected chi connectivity index (χ3v) is 5.19. The first-order valence-corrected chi connectivity index (χ1v) is 9.30. The van der Waals surface area contributed by atoms with Crippen LogP contribution >= 0.6 is 0 Å². The van der Waals surface area contributed by atoms with Crippen molar-refractivity contribution in [1.29, 1.82) is 0 Å². The summed E-state index contributed by atoms with van der Waals surface area (Å²) in [5.41, 5.74) is 3.76. The summed E-state index contributed by atoms with van der Waals surface area (Å²) in [6.45, 7) is 1.81. The maximum atomic E-state index is 13.5. The Morgan fingerprint density at radius 2 is 1.89 bits per heavy atom. The number of fused-ring (bicyclic) bond motifs is 1. The Kier molecular flexibility index (Phi) is 4.52. The van der Waals surface area contributed by atoms with Gasteiger partial charge in [-0.2, -0.15) is 0 Å². The van der Waals surface area contributed by atoms with Gasteiger partial charge in [-0.05, 0) is 42.7 Å². The average molecular weight is 364 g/mol. The van der Waals surface area contributed by atoms with E-state index in [0.717, 1.165) is 35.5 Å². The van der Waals surface area contributed by atoms with Crippen LogP contribution in [0.5, 0.6) is 0 Å². The summed E-state index contributed by atoms with van der Waals surface area (Å²) < 4.78 is 13.5. The van der Waals surface area contributed by atoms with Crippen molar-refractivity contribution >= 4 is 23.1 Å². The number of nitrogens with one attached hydrogen (secondary N) is 1. The topological polar surface area (TPSA) is 49.4 Å². The highest BCUT2D eigenvalue weighted by Crippen LogP contribution is 2.44. The lowest BCUT2D eigenvalue weighted by atomic mass is 9.85. The molecule has 0 radical (unpaired) electrons. The molecular weight excluding hydrogens is 343 g/mol. The van der Waals surface area contributed by atoms with E-state index in [0.29, 0.717) is 18.4 Å². The standard InChI is InChI=1S/C22H21FN2O2/c1-2-20(27)25-18-8-4-3-6-16(18)24-17-7-5-9-19(26)21(17)22(25)14-10-12-15(23)13-11-14/h3-4,6,8,10-13,22,24H,2,5,7,9H2,1H3/t22-/m0/s1. The highest BCUT2D eigenvalue weighted by Gasteiger charge is 2.38. The van der Waals surface area contributed by atoms with Gasteiger partial charge in [0.2, 0.25) is 5.91 Å². The van der Waals surface area contributed by atoms with Gasteiger partial charge in [0, 0.05) is 24.1 Å². The van der Waals surface area contributed by atoms with E-state index in [1.807, 2.05) is 31.2 Å². The largest absolute Gasteiger partial charge is 0.357 e. The molecule has 2 aromatic carbocycles. The molecular formula is C22H21FN2O2. The Balaban J connectivity index is 1.99. The number of ketones is 1. The smallest absolute Gasteiger partial charge is 0.227 e. The number of benzene rings is 2. The molecule has 1 amide bonds. The van der Waals surface area contributed by atoms with E-state index >= 15 is 0 Å². The van der Waals surface area contributed by atoms with Crippen LogP contribution in [-0.2, 0) is 9.59 Å². The maximum Gasteiger partial charge on any atom is 0.227 e. The monoisotopic (exact) mass is 364 g/mol. The molecule has 1 heterocycles. The maximum absolute atomic E-state index is 13.5. The highest BCUT2D eigenvalue weighted by molar-refractivity contribution is 6.06. The molecule has 1 aliphatic heterocycles. The van der Waals surface area contributed by atoms with Crippen molar-refractivity contribution in [2.75, 3.05) is 10.2 Å². The fraction of sp³-hybridized carbons (Fsp3) is 0.273. The van der Waals surface area contributed by atoms with Crippen LogP contribution in [-0.4, -0.2) is 11.7 Å². The Morgan fingerprint density at radius 1 is 1.15 bits per heavy atom. The highest BCUT2D eigenvalue weighted by atomic mass is 19.1. The van der Waals surface area contributed by atoms with Crippen LogP contribution in [0.3, 0.4) is 0 Å². The number of nitrogens with zero attached hydrogens (tertiary/aromatic N) is 1. The zero-order valence-electron chi connectivity index (χ0n) is 15.2. The van der Waals surface area contributed by atoms with Gasteiger partial charge in [0.25, 0.3) is 0 Å². The minimum Gasteiger partial charge on any atom is -0.357 e. The average Bonchev–Trinajstić information content (AvgIpc) is 2.83. The van der Waals surface area contributed by atoms with Gasteiger partial charge in [-0.1, -0.05) is 31.2 Å². The second-order valence-corrected chi connectivity index (χ2v) is 6.88. The molecule has 0 fully saturated rings. The summed E-state index contributed by atoms with van der Waals surface area (Å²) in [6.07, 6.45) is 2.30. The molecule has 0 bridgehead atoms. The van der Waals surface area contributed by atoms with Crippen LogP contribution in [0.4, 0.5) is 15.8 Å². The summed E-state index contributed by atoms with van der Waals surface area (Å²) in [6, 6.07) is 13.1. The Labute approximate surface area is 157 Å². The number of anilines is 2. The molecule has 27 heavy (non-hydrogen) atoms. The van der Waals surface area contributed by atoms with Crippen molar-refractivity contribution in [3.8, 4) is 0 Å². The molecule has 1 atom stereocenters. The summed E-state index contributed by atoms with van der Waals surface area (Å²) in [5, 5.41) is 3.40. The van der Waals surface area contributed by atoms with Crippen molar-refractivity contribution in [1.82, 2.24) is 0 Å². The Bertz CT molecular complexity index is 934. The van der Waals surface area contributed by atoms with Gasteiger partial charge in [0.1, 0.15) is 5.82 Å². The van der Waals surface area contributed by atoms with E-state index in [4.69, 9.17) is 0 Å². The number of halogens is 1. The number of hydrogen-bond acceptors (Lipinski definition) is 3. The first-order chi connectivity index (χ1) is 13.1. The minimum absolute atomic E-state index is 0.0415. The van der Waals surface area contributed by atoms with Gasteiger partial charge >= 0.3 is 0 Å². The van der Waals surface area contributed by atoms with E-state index in [1.165, 1.54) is 12.1 Å². The molecule has 2 aromatic rings. The number of carbonyl (C=O) groups is 2. The van der Waals surface area contributed by atoms with Crippen molar-refractivity contribution in [2.24, 2.45) is 0 Å². The van der Waals surface area contributed by atoms with Gasteiger partial charge in [0.05, 0.1) is 17.4 Å². The van der Waals surface area contributed by atoms with E-state index in [2.05, 4.69) is 5.32 Å². The molecule has 0 unspecified atom stereocenters. The summed E-state index contributed by atoms with van der Waals surface area (Å²) in [7, 11) is 0. The molecule has 0 spiro atoms. The molecule has 5 heteroatoms. The van der Waals surface area contributed by atoms with Crippen molar-refractivity contribution in [3.63, 3.8) is 0 Å². The molecule has 0 saturated heterocycles. The van der Waals surface area contributed by atoms with Gasteiger partial charge in [0.15, 0.2) is 5.78 Å². The number of allylic oxidation sites excluding steroid dienone is 1. The minimum atomic E-state index is -0.558. The molecule has 0 saturated carbocycles. The third kappa shape index (κ3) is 3.03. The van der Waals surface area contributed by atoms with E-state index < -0.39 is 6.04 Å². The number of amides is 1. The lowest BCUT2D eigenvalue weighted by molar-refractivity contribution is -0.118. The molecule has 4 rings (SSSR count). The first-order valence-electron chi connectivity index (χ1n) is 9.30. The first kappa shape index (κ1) is 17.5. The van der Waals surface area contributed by atoms with Crippen LogP contribution in [0, 0.1) is 5.82 Å². The Morgan fingerprint density at radius 3 is 2.63 bits per heavy atom. The van der Waals surface area contributed by atoms with E-state index in [1.54, 1.807) is 17.0 Å². The van der Waals surface area contributed by atoms with Crippen LogP contribution in [0.2, 0.25) is 0 Å². The second-order valence-electron chi connectivity index (χ2n) is 6.88. The molecule has 1 aliphatic carbocycles. The van der Waals surface area contributed by atoms with E-state index in [-0.39, 0.29) is 17.5 Å². The lowest BCUT2D eigenvalue weighted by Crippen LogP contribution is -2.37. The summed E-state index contributed by atoms with van der Waals surface area (Å²) in [4.78, 5) is 27.6. The number of para-hydroxylation sites is 2. The number of hydrogen-bond donors (Lipinski definition) is 1. The lowest BCUT2D eigenvalue weighted by Gasteiger charge is -2.33. The summed E-state index contributed by atoms with van der Waals surface area (Å²) in [5.74, 6) is -0.381. The zero-order valence-corrected chi connectivity index (χ0v) is 15.2. The van der Waals surface area contributed by atoms with Crippen molar-refractivity contribution in [3.05, 3.63) is 71.2 Å². The second kappa shape index (κ2) is 6.99. The van der Waals surface area contributed by atoms with Crippen molar-refractivity contribution in [2.45, 2.75) is 38.6 Å². The van der Waals surface area contributed by atoms with Gasteiger partial charge < -0.3 is 5.32 Å². The normalized spacial score (nSPS) is 19.1. The van der Waals surface area contributed by atoms with E-state index in [9.17, 15) is 14.0 Å². The van der Waals surface area contributed by atoms with Gasteiger partial charge in [-0.3, -0.25) is 14.5 Å². The number of carbonyl (C=O) groups excluding carboxylic acids is 2. The predicted octanol–water partition coefficient (Wildman–Crippen LogP) is 4.74. The fourth-order valence-corrected chi connectivity index (χ4v) is 3.94. The van der Waals surface area contributed by atoms with Gasteiger partial charge in [-0.25, -0.2) is 4.39 Å². The summed E-state index contributed by atoms with van der Waals surface area (Å²) >= 11 is 0. The predicted molar refractivity (Wildman–Crippen MR) is 103 cm³/mol. The molecule has 1 N–H and O–H groups in total. The Hall–Kier alpha value is -2.95. The molecule has 138 valence electrons. The van der Waals surface area contributed by atoms with Crippen LogP contribution in [0.15, 0.2) is 59.8 Å².